The van der Waals surface area contributed by atoms with Crippen LogP contribution in [-0.2, 0) is 19.1 Å². The van der Waals surface area contributed by atoms with Crippen LogP contribution in [0.25, 0.3) is 0 Å². The Morgan fingerprint density at radius 1 is 1.46 bits per heavy atom. The second-order valence-corrected chi connectivity index (χ2v) is 2.81. The molecule has 13 heavy (non-hydrogen) atoms. The van der Waals surface area contributed by atoms with E-state index in [-0.39, 0.29) is 25.1 Å². The largest absolute Gasteiger partial charge is 0.462 e. The SMILES string of the molecule is C=CC(=O)OCCC(=O)OC1CC1. The van der Waals surface area contributed by atoms with Gasteiger partial charge in [-0.3, -0.25) is 4.79 Å². The molecule has 4 heteroatoms. The maximum absolute atomic E-state index is 10.9. The van der Waals surface area contributed by atoms with Crippen molar-refractivity contribution in [2.45, 2.75) is 25.4 Å². The van der Waals surface area contributed by atoms with Gasteiger partial charge in [0.05, 0.1) is 6.42 Å². The molecule has 0 amide bonds. The predicted molar refractivity (Wildman–Crippen MR) is 44.9 cm³/mol. The molecule has 1 aliphatic rings. The number of hydrogen-bond donors (Lipinski definition) is 0. The summed E-state index contributed by atoms with van der Waals surface area (Å²) in [5.74, 6) is -0.821. The zero-order valence-corrected chi connectivity index (χ0v) is 7.32. The molecule has 1 rings (SSSR count). The van der Waals surface area contributed by atoms with Crippen molar-refractivity contribution in [2.75, 3.05) is 6.61 Å². The summed E-state index contributed by atoms with van der Waals surface area (Å²) in [7, 11) is 0. The van der Waals surface area contributed by atoms with E-state index in [2.05, 4.69) is 11.3 Å². The maximum Gasteiger partial charge on any atom is 0.330 e. The summed E-state index contributed by atoms with van der Waals surface area (Å²) >= 11 is 0. The first-order valence-electron chi connectivity index (χ1n) is 4.21. The van der Waals surface area contributed by atoms with Gasteiger partial charge in [0, 0.05) is 6.08 Å². The number of carbonyl (C=O) groups is 2. The van der Waals surface area contributed by atoms with Crippen molar-refractivity contribution in [1.29, 1.82) is 0 Å². The van der Waals surface area contributed by atoms with Gasteiger partial charge < -0.3 is 9.47 Å². The lowest BCUT2D eigenvalue weighted by Gasteiger charge is -2.02. The third-order valence-electron chi connectivity index (χ3n) is 1.54. The molecule has 0 atom stereocenters. The van der Waals surface area contributed by atoms with E-state index in [1.165, 1.54) is 0 Å². The van der Waals surface area contributed by atoms with Gasteiger partial charge in [-0.25, -0.2) is 4.79 Å². The number of esters is 2. The smallest absolute Gasteiger partial charge is 0.330 e. The Bertz CT molecular complexity index is 218. The highest BCUT2D eigenvalue weighted by atomic mass is 16.6. The predicted octanol–water partition coefficient (Wildman–Crippen LogP) is 0.811. The minimum atomic E-state index is -0.515. The van der Waals surface area contributed by atoms with Crippen LogP contribution < -0.4 is 0 Å². The van der Waals surface area contributed by atoms with Crippen molar-refractivity contribution >= 4 is 11.9 Å². The molecule has 0 aliphatic heterocycles. The average Bonchev–Trinajstić information content (AvgIpc) is 2.88. The summed E-state index contributed by atoms with van der Waals surface area (Å²) < 4.78 is 9.53. The number of ether oxygens (including phenoxy) is 2. The fourth-order valence-corrected chi connectivity index (χ4v) is 0.725. The summed E-state index contributed by atoms with van der Waals surface area (Å²) in [5.41, 5.74) is 0. The molecular formula is C9H12O4. The van der Waals surface area contributed by atoms with Crippen LogP contribution in [0.1, 0.15) is 19.3 Å². The number of rotatable bonds is 5. The first kappa shape index (κ1) is 9.77. The Balaban J connectivity index is 2.00. The summed E-state index contributed by atoms with van der Waals surface area (Å²) in [4.78, 5) is 21.5. The second-order valence-electron chi connectivity index (χ2n) is 2.81. The molecule has 1 saturated carbocycles. The summed E-state index contributed by atoms with van der Waals surface area (Å²) in [6, 6.07) is 0. The maximum atomic E-state index is 10.9. The molecular weight excluding hydrogens is 172 g/mol. The van der Waals surface area contributed by atoms with Crippen molar-refractivity contribution in [3.05, 3.63) is 12.7 Å². The fourth-order valence-electron chi connectivity index (χ4n) is 0.725. The monoisotopic (exact) mass is 184 g/mol. The van der Waals surface area contributed by atoms with E-state index in [1.807, 2.05) is 0 Å². The molecule has 0 bridgehead atoms. The standard InChI is InChI=1S/C9H12O4/c1-2-8(10)12-6-5-9(11)13-7-3-4-7/h2,7H,1,3-6H2. The highest BCUT2D eigenvalue weighted by molar-refractivity contribution is 5.81. The van der Waals surface area contributed by atoms with E-state index in [4.69, 9.17) is 4.74 Å². The van der Waals surface area contributed by atoms with Crippen molar-refractivity contribution in [1.82, 2.24) is 0 Å². The van der Waals surface area contributed by atoms with E-state index < -0.39 is 5.97 Å². The molecule has 72 valence electrons. The molecule has 0 aromatic rings. The molecule has 0 radical (unpaired) electrons. The lowest BCUT2D eigenvalue weighted by molar-refractivity contribution is -0.148. The van der Waals surface area contributed by atoms with Crippen LogP contribution in [0.3, 0.4) is 0 Å². The van der Waals surface area contributed by atoms with Crippen molar-refractivity contribution in [3.8, 4) is 0 Å². The van der Waals surface area contributed by atoms with Crippen LogP contribution in [0.4, 0.5) is 0 Å². The van der Waals surface area contributed by atoms with E-state index in [0.717, 1.165) is 18.9 Å². The molecule has 0 aromatic heterocycles. The molecule has 4 nitrogen and oxygen atoms in total. The third-order valence-corrected chi connectivity index (χ3v) is 1.54. The zero-order chi connectivity index (χ0) is 9.68. The molecule has 0 N–H and O–H groups in total. The fraction of sp³-hybridized carbons (Fsp3) is 0.556. The normalized spacial score (nSPS) is 14.8. The Hall–Kier alpha value is -1.32. The van der Waals surface area contributed by atoms with Gasteiger partial charge in [-0.2, -0.15) is 0 Å². The molecule has 0 saturated heterocycles. The van der Waals surface area contributed by atoms with E-state index in [1.54, 1.807) is 0 Å². The average molecular weight is 184 g/mol. The molecule has 0 aromatic carbocycles. The second kappa shape index (κ2) is 4.64. The molecule has 1 aliphatic carbocycles. The van der Waals surface area contributed by atoms with Crippen LogP contribution in [-0.4, -0.2) is 24.6 Å². The minimum Gasteiger partial charge on any atom is -0.462 e. The van der Waals surface area contributed by atoms with Gasteiger partial charge >= 0.3 is 11.9 Å². The number of hydrogen-bond acceptors (Lipinski definition) is 4. The van der Waals surface area contributed by atoms with Crippen molar-refractivity contribution in [3.63, 3.8) is 0 Å². The van der Waals surface area contributed by atoms with Gasteiger partial charge in [0.2, 0.25) is 0 Å². The van der Waals surface area contributed by atoms with Crippen LogP contribution in [0.2, 0.25) is 0 Å². The third kappa shape index (κ3) is 4.30. The Labute approximate surface area is 76.5 Å². The van der Waals surface area contributed by atoms with Gasteiger partial charge in [-0.15, -0.1) is 0 Å². The molecule has 0 unspecified atom stereocenters. The molecule has 0 spiro atoms. The van der Waals surface area contributed by atoms with Crippen molar-refractivity contribution < 1.29 is 19.1 Å². The van der Waals surface area contributed by atoms with Gasteiger partial charge in [-0.1, -0.05) is 6.58 Å². The van der Waals surface area contributed by atoms with Crippen LogP contribution in [0.15, 0.2) is 12.7 Å². The van der Waals surface area contributed by atoms with Gasteiger partial charge in [0.25, 0.3) is 0 Å². The Kier molecular flexibility index (Phi) is 3.49. The van der Waals surface area contributed by atoms with Gasteiger partial charge in [0.1, 0.15) is 12.7 Å². The highest BCUT2D eigenvalue weighted by Crippen LogP contribution is 2.23. The number of carbonyl (C=O) groups excluding carboxylic acids is 2. The Morgan fingerprint density at radius 3 is 2.69 bits per heavy atom. The summed E-state index contributed by atoms with van der Waals surface area (Å²) in [6.07, 6.45) is 3.21. The van der Waals surface area contributed by atoms with E-state index >= 15 is 0 Å². The van der Waals surface area contributed by atoms with E-state index in [9.17, 15) is 9.59 Å². The minimum absolute atomic E-state index is 0.0659. The van der Waals surface area contributed by atoms with Crippen molar-refractivity contribution in [2.24, 2.45) is 0 Å². The van der Waals surface area contributed by atoms with E-state index in [0.29, 0.717) is 0 Å². The van der Waals surface area contributed by atoms with Crippen LogP contribution in [0, 0.1) is 0 Å². The molecule has 1 fully saturated rings. The van der Waals surface area contributed by atoms with Gasteiger partial charge in [-0.05, 0) is 12.8 Å². The van der Waals surface area contributed by atoms with Gasteiger partial charge in [0.15, 0.2) is 0 Å². The molecule has 0 heterocycles. The first-order chi connectivity index (χ1) is 6.22. The summed E-state index contributed by atoms with van der Waals surface area (Å²) in [6.45, 7) is 3.29. The first-order valence-corrected chi connectivity index (χ1v) is 4.21. The quantitative estimate of drug-likeness (QED) is 0.468. The topological polar surface area (TPSA) is 52.6 Å². The highest BCUT2D eigenvalue weighted by Gasteiger charge is 2.25. The summed E-state index contributed by atoms with van der Waals surface area (Å²) in [5, 5.41) is 0. The van der Waals surface area contributed by atoms with Crippen LogP contribution in [0.5, 0.6) is 0 Å². The van der Waals surface area contributed by atoms with Crippen LogP contribution >= 0.6 is 0 Å². The lowest BCUT2D eigenvalue weighted by Crippen LogP contribution is -2.11. The Morgan fingerprint density at radius 2 is 2.15 bits per heavy atom. The lowest BCUT2D eigenvalue weighted by atomic mass is 10.4. The zero-order valence-electron chi connectivity index (χ0n) is 7.32.